The highest BCUT2D eigenvalue weighted by Gasteiger charge is 2.17. The van der Waals surface area contributed by atoms with E-state index in [4.69, 9.17) is 35.8 Å². The Balaban J connectivity index is 1.38. The van der Waals surface area contributed by atoms with Crippen LogP contribution < -0.4 is 18.9 Å². The molecular weight excluding hydrogens is 516 g/mol. The molecule has 1 aliphatic rings. The number of nitriles is 2. The van der Waals surface area contributed by atoms with Crippen molar-refractivity contribution >= 4 is 17.9 Å². The summed E-state index contributed by atoms with van der Waals surface area (Å²) in [5.41, 5.74) is 4.24. The molecule has 0 N–H and O–H groups in total. The van der Waals surface area contributed by atoms with Crippen molar-refractivity contribution in [2.75, 3.05) is 13.2 Å². The molecule has 0 bridgehead atoms. The number of halogens is 1. The average Bonchev–Trinajstić information content (AvgIpc) is 2.99. The van der Waals surface area contributed by atoms with Gasteiger partial charge in [-0.2, -0.15) is 10.5 Å². The SMILES string of the molecule is N#Cc1cccc(COc2cc(OCc3cccc(-c4ccc5c(c4)OCCO5)c3C#N)c(Cl)cc2C=O)c1. The monoisotopic (exact) mass is 536 g/mol. The molecule has 0 amide bonds. The molecule has 0 aromatic heterocycles. The second kappa shape index (κ2) is 11.6. The quantitative estimate of drug-likeness (QED) is 0.237. The van der Waals surface area contributed by atoms with Crippen LogP contribution in [0.3, 0.4) is 0 Å². The number of carbonyl (C=O) groups is 1. The molecule has 0 spiro atoms. The van der Waals surface area contributed by atoms with Gasteiger partial charge in [-0.3, -0.25) is 4.79 Å². The van der Waals surface area contributed by atoms with E-state index in [1.54, 1.807) is 24.3 Å². The van der Waals surface area contributed by atoms with E-state index in [9.17, 15) is 10.1 Å². The Morgan fingerprint density at radius 3 is 2.44 bits per heavy atom. The molecular formula is C31H21ClN2O5. The molecule has 0 radical (unpaired) electrons. The van der Waals surface area contributed by atoms with Crippen LogP contribution in [0, 0.1) is 22.7 Å². The number of aldehydes is 1. The van der Waals surface area contributed by atoms with Crippen molar-refractivity contribution in [3.05, 3.63) is 106 Å². The van der Waals surface area contributed by atoms with Crippen LogP contribution in [0.5, 0.6) is 23.0 Å². The fourth-order valence-electron chi connectivity index (χ4n) is 4.23. The number of benzene rings is 4. The first kappa shape index (κ1) is 25.7. The van der Waals surface area contributed by atoms with Gasteiger partial charge in [0.25, 0.3) is 0 Å². The van der Waals surface area contributed by atoms with Crippen LogP contribution in [0.2, 0.25) is 5.02 Å². The van der Waals surface area contributed by atoms with Crippen LogP contribution in [-0.2, 0) is 13.2 Å². The van der Waals surface area contributed by atoms with E-state index in [1.165, 1.54) is 6.07 Å². The summed E-state index contributed by atoms with van der Waals surface area (Å²) in [5, 5.41) is 19.4. The van der Waals surface area contributed by atoms with Gasteiger partial charge in [-0.1, -0.05) is 48.0 Å². The van der Waals surface area contributed by atoms with Gasteiger partial charge in [-0.25, -0.2) is 0 Å². The van der Waals surface area contributed by atoms with E-state index >= 15 is 0 Å². The second-order valence-electron chi connectivity index (χ2n) is 8.64. The van der Waals surface area contributed by atoms with E-state index in [0.717, 1.165) is 16.7 Å². The topological polar surface area (TPSA) is 102 Å². The van der Waals surface area contributed by atoms with Gasteiger partial charge in [0.1, 0.15) is 44.0 Å². The van der Waals surface area contributed by atoms with Crippen LogP contribution in [0.4, 0.5) is 0 Å². The number of fused-ring (bicyclic) bond motifs is 1. The number of rotatable bonds is 8. The third-order valence-corrected chi connectivity index (χ3v) is 6.44. The maximum atomic E-state index is 11.7. The molecule has 5 rings (SSSR count). The minimum absolute atomic E-state index is 0.0606. The lowest BCUT2D eigenvalue weighted by Crippen LogP contribution is -2.15. The highest BCUT2D eigenvalue weighted by Crippen LogP contribution is 2.37. The molecule has 192 valence electrons. The summed E-state index contributed by atoms with van der Waals surface area (Å²) in [5.74, 6) is 1.90. The zero-order valence-electron chi connectivity index (χ0n) is 20.6. The summed E-state index contributed by atoms with van der Waals surface area (Å²) in [7, 11) is 0. The van der Waals surface area contributed by atoms with Gasteiger partial charge in [0.05, 0.1) is 27.8 Å². The molecule has 39 heavy (non-hydrogen) atoms. The standard InChI is InChI=1S/C31H21ClN2O5/c32-27-12-24(17-35)29(38-18-21-4-1-3-20(11-21)15-33)14-30(27)39-19-23-5-2-6-25(26(23)16-34)22-7-8-28-31(13-22)37-10-9-36-28/h1-8,11-14,17H,9-10,18-19H2. The highest BCUT2D eigenvalue weighted by atomic mass is 35.5. The minimum atomic E-state index is 0.0606. The van der Waals surface area contributed by atoms with Gasteiger partial charge >= 0.3 is 0 Å². The predicted octanol–water partition coefficient (Wildman–Crippen LogP) is 6.49. The molecule has 7 nitrogen and oxygen atoms in total. The zero-order chi connectivity index (χ0) is 27.2. The Kier molecular flexibility index (Phi) is 7.63. The lowest BCUT2D eigenvalue weighted by molar-refractivity contribution is 0.111. The van der Waals surface area contributed by atoms with Crippen molar-refractivity contribution in [2.45, 2.75) is 13.2 Å². The normalized spacial score (nSPS) is 11.7. The summed E-state index contributed by atoms with van der Waals surface area (Å²) in [6.07, 6.45) is 0.654. The van der Waals surface area contributed by atoms with Gasteiger partial charge in [0.2, 0.25) is 0 Å². The second-order valence-corrected chi connectivity index (χ2v) is 9.04. The number of nitrogens with zero attached hydrogens (tertiary/aromatic N) is 2. The Morgan fingerprint density at radius 2 is 1.64 bits per heavy atom. The number of hydrogen-bond acceptors (Lipinski definition) is 7. The molecule has 0 saturated carbocycles. The maximum absolute atomic E-state index is 11.7. The van der Waals surface area contributed by atoms with Crippen LogP contribution in [0.15, 0.2) is 72.8 Å². The molecule has 0 saturated heterocycles. The lowest BCUT2D eigenvalue weighted by Gasteiger charge is -2.19. The summed E-state index contributed by atoms with van der Waals surface area (Å²) < 4.78 is 23.2. The van der Waals surface area contributed by atoms with Crippen LogP contribution in [0.1, 0.15) is 32.6 Å². The van der Waals surface area contributed by atoms with Crippen molar-refractivity contribution < 1.29 is 23.7 Å². The first-order chi connectivity index (χ1) is 19.1. The van der Waals surface area contributed by atoms with Crippen LogP contribution in [0.25, 0.3) is 11.1 Å². The summed E-state index contributed by atoms with van der Waals surface area (Å²) in [4.78, 5) is 11.7. The smallest absolute Gasteiger partial charge is 0.161 e. The summed E-state index contributed by atoms with van der Waals surface area (Å²) in [6.45, 7) is 1.18. The van der Waals surface area contributed by atoms with Gasteiger partial charge in [-0.15, -0.1) is 0 Å². The van der Waals surface area contributed by atoms with Crippen molar-refractivity contribution in [1.82, 2.24) is 0 Å². The predicted molar refractivity (Wildman–Crippen MR) is 144 cm³/mol. The van der Waals surface area contributed by atoms with Crippen molar-refractivity contribution in [3.63, 3.8) is 0 Å². The van der Waals surface area contributed by atoms with Crippen molar-refractivity contribution in [3.8, 4) is 46.3 Å². The molecule has 0 aliphatic carbocycles. The van der Waals surface area contributed by atoms with E-state index in [1.807, 2.05) is 42.5 Å². The minimum Gasteiger partial charge on any atom is -0.488 e. The Hall–Kier alpha value is -4.98. The third-order valence-electron chi connectivity index (χ3n) is 6.14. The molecule has 8 heteroatoms. The fraction of sp³-hybridized carbons (Fsp3) is 0.129. The zero-order valence-corrected chi connectivity index (χ0v) is 21.4. The maximum Gasteiger partial charge on any atom is 0.161 e. The average molecular weight is 537 g/mol. The number of hydrogen-bond donors (Lipinski definition) is 0. The van der Waals surface area contributed by atoms with Gasteiger partial charge < -0.3 is 18.9 Å². The van der Waals surface area contributed by atoms with E-state index in [2.05, 4.69) is 12.1 Å². The first-order valence-corrected chi connectivity index (χ1v) is 12.4. The van der Waals surface area contributed by atoms with Crippen molar-refractivity contribution in [2.24, 2.45) is 0 Å². The molecule has 0 fully saturated rings. The number of carbonyl (C=O) groups excluding carboxylic acids is 1. The summed E-state index contributed by atoms with van der Waals surface area (Å²) >= 11 is 6.41. The molecule has 0 unspecified atom stereocenters. The Labute approximate surface area is 230 Å². The third kappa shape index (κ3) is 5.65. The van der Waals surface area contributed by atoms with Gasteiger partial charge in [0, 0.05) is 11.6 Å². The fourth-order valence-corrected chi connectivity index (χ4v) is 4.46. The highest BCUT2D eigenvalue weighted by molar-refractivity contribution is 6.32. The Bertz CT molecular complexity index is 1640. The molecule has 4 aromatic rings. The molecule has 1 heterocycles. The lowest BCUT2D eigenvalue weighted by atomic mass is 9.96. The van der Waals surface area contributed by atoms with E-state index in [0.29, 0.717) is 53.4 Å². The largest absolute Gasteiger partial charge is 0.488 e. The van der Waals surface area contributed by atoms with Gasteiger partial charge in [-0.05, 0) is 47.0 Å². The van der Waals surface area contributed by atoms with Crippen molar-refractivity contribution in [1.29, 1.82) is 10.5 Å². The first-order valence-electron chi connectivity index (χ1n) is 12.0. The number of ether oxygens (including phenoxy) is 4. The van der Waals surface area contributed by atoms with Crippen LogP contribution in [-0.4, -0.2) is 19.5 Å². The molecule has 4 aromatic carbocycles. The Morgan fingerprint density at radius 1 is 0.846 bits per heavy atom. The molecule has 1 aliphatic heterocycles. The summed E-state index contributed by atoms with van der Waals surface area (Å²) in [6, 6.07) is 25.5. The van der Waals surface area contributed by atoms with Crippen LogP contribution >= 0.6 is 11.6 Å². The van der Waals surface area contributed by atoms with E-state index in [-0.39, 0.29) is 29.5 Å². The van der Waals surface area contributed by atoms with E-state index < -0.39 is 0 Å². The molecule has 0 atom stereocenters. The van der Waals surface area contributed by atoms with Gasteiger partial charge in [0.15, 0.2) is 17.8 Å².